The van der Waals surface area contributed by atoms with Gasteiger partial charge in [-0.1, -0.05) is 11.6 Å². The molecule has 7 nitrogen and oxygen atoms in total. The first-order valence-corrected chi connectivity index (χ1v) is 7.25. The summed E-state index contributed by atoms with van der Waals surface area (Å²) in [5.41, 5.74) is 0.281. The maximum Gasteiger partial charge on any atom is 0.311 e. The van der Waals surface area contributed by atoms with Crippen molar-refractivity contribution >= 4 is 35.2 Å². The van der Waals surface area contributed by atoms with Crippen LogP contribution >= 0.6 is 11.6 Å². The summed E-state index contributed by atoms with van der Waals surface area (Å²) >= 11 is 5.76. The van der Waals surface area contributed by atoms with Crippen LogP contribution in [0.4, 0.5) is 11.4 Å². The van der Waals surface area contributed by atoms with E-state index in [1.165, 1.54) is 19.1 Å². The minimum Gasteiger partial charge on any atom is -0.474 e. The van der Waals surface area contributed by atoms with E-state index in [1.54, 1.807) is 24.3 Å². The number of benzene rings is 2. The molecular formula is C16H13ClN2O5. The van der Waals surface area contributed by atoms with Crippen molar-refractivity contribution in [1.29, 1.82) is 0 Å². The normalized spacial score (nSPS) is 11.4. The monoisotopic (exact) mass is 348 g/mol. The molecule has 0 spiro atoms. The van der Waals surface area contributed by atoms with Gasteiger partial charge in [0.05, 0.1) is 4.92 Å². The third-order valence-electron chi connectivity index (χ3n) is 3.10. The minimum atomic E-state index is -0.985. The molecule has 0 heterocycles. The van der Waals surface area contributed by atoms with Crippen molar-refractivity contribution in [2.45, 2.75) is 13.0 Å². The second-order valence-electron chi connectivity index (χ2n) is 4.86. The lowest BCUT2D eigenvalue weighted by Gasteiger charge is -2.15. The van der Waals surface area contributed by atoms with E-state index in [2.05, 4.69) is 5.32 Å². The molecule has 0 aliphatic carbocycles. The van der Waals surface area contributed by atoms with Crippen molar-refractivity contribution in [2.24, 2.45) is 0 Å². The van der Waals surface area contributed by atoms with Gasteiger partial charge in [0.25, 0.3) is 5.91 Å². The van der Waals surface area contributed by atoms with Gasteiger partial charge >= 0.3 is 5.69 Å². The highest BCUT2D eigenvalue weighted by Crippen LogP contribution is 2.28. The number of nitrogens with one attached hydrogen (secondary N) is 1. The summed E-state index contributed by atoms with van der Waals surface area (Å²) in [5.74, 6) is -0.574. The molecule has 0 saturated heterocycles. The summed E-state index contributed by atoms with van der Waals surface area (Å²) in [6.07, 6.45) is -0.491. The van der Waals surface area contributed by atoms with E-state index in [1.807, 2.05) is 0 Å². The van der Waals surface area contributed by atoms with Crippen molar-refractivity contribution in [3.63, 3.8) is 0 Å². The van der Waals surface area contributed by atoms with Gasteiger partial charge in [0.1, 0.15) is 6.29 Å². The molecule has 2 aromatic carbocycles. The molecule has 8 heteroatoms. The molecule has 0 radical (unpaired) electrons. The predicted octanol–water partition coefficient (Wildman–Crippen LogP) is 3.47. The van der Waals surface area contributed by atoms with Crippen LogP contribution in [0.15, 0.2) is 42.5 Å². The van der Waals surface area contributed by atoms with Crippen LogP contribution in [-0.4, -0.2) is 23.2 Å². The van der Waals surface area contributed by atoms with E-state index < -0.39 is 16.9 Å². The summed E-state index contributed by atoms with van der Waals surface area (Å²) in [7, 11) is 0. The van der Waals surface area contributed by atoms with Crippen molar-refractivity contribution in [3.05, 3.63) is 63.2 Å². The van der Waals surface area contributed by atoms with Crippen molar-refractivity contribution in [3.8, 4) is 5.75 Å². The number of rotatable bonds is 6. The topological polar surface area (TPSA) is 98.5 Å². The highest BCUT2D eigenvalue weighted by atomic mass is 35.5. The molecule has 1 atom stereocenters. The van der Waals surface area contributed by atoms with Crippen molar-refractivity contribution in [1.82, 2.24) is 0 Å². The van der Waals surface area contributed by atoms with Gasteiger partial charge in [-0.3, -0.25) is 19.7 Å². The Bertz CT molecular complexity index is 777. The van der Waals surface area contributed by atoms with Crippen LogP contribution in [-0.2, 0) is 4.79 Å². The van der Waals surface area contributed by atoms with Crippen LogP contribution in [0.25, 0.3) is 0 Å². The van der Waals surface area contributed by atoms with Gasteiger partial charge in [-0.2, -0.15) is 0 Å². The highest BCUT2D eigenvalue weighted by Gasteiger charge is 2.21. The average molecular weight is 349 g/mol. The van der Waals surface area contributed by atoms with Crippen LogP contribution in [0.3, 0.4) is 0 Å². The summed E-state index contributed by atoms with van der Waals surface area (Å²) in [4.78, 5) is 33.2. The van der Waals surface area contributed by atoms with E-state index in [0.717, 1.165) is 6.07 Å². The molecule has 0 bridgehead atoms. The van der Waals surface area contributed by atoms with Gasteiger partial charge in [-0.05, 0) is 43.3 Å². The third kappa shape index (κ3) is 4.30. The standard InChI is InChI=1S/C16H13ClN2O5/c1-10(16(21)18-13-5-3-12(17)4-6-13)24-15-7-2-11(9-20)8-14(15)19(22)23/h2-10H,1H3,(H,18,21)/t10-/m1/s1. The van der Waals surface area contributed by atoms with Gasteiger partial charge in [0, 0.05) is 22.3 Å². The lowest BCUT2D eigenvalue weighted by atomic mass is 10.2. The number of ether oxygens (including phenoxy) is 1. The first-order chi connectivity index (χ1) is 11.4. The number of hydrogen-bond donors (Lipinski definition) is 1. The Labute approximate surface area is 142 Å². The zero-order chi connectivity index (χ0) is 17.7. The fourth-order valence-corrected chi connectivity index (χ4v) is 2.00. The molecule has 2 aromatic rings. The molecule has 0 unspecified atom stereocenters. The van der Waals surface area contributed by atoms with Crippen molar-refractivity contribution < 1.29 is 19.2 Å². The van der Waals surface area contributed by atoms with Crippen molar-refractivity contribution in [2.75, 3.05) is 5.32 Å². The first-order valence-electron chi connectivity index (χ1n) is 6.87. The Morgan fingerprint density at radius 3 is 2.54 bits per heavy atom. The lowest BCUT2D eigenvalue weighted by Crippen LogP contribution is -2.30. The number of hydrogen-bond acceptors (Lipinski definition) is 5. The Hall–Kier alpha value is -2.93. The lowest BCUT2D eigenvalue weighted by molar-refractivity contribution is -0.386. The maximum atomic E-state index is 12.1. The molecule has 1 N–H and O–H groups in total. The van der Waals surface area contributed by atoms with Gasteiger partial charge in [0.15, 0.2) is 11.9 Å². The van der Waals surface area contributed by atoms with Crippen LogP contribution in [0.2, 0.25) is 5.02 Å². The predicted molar refractivity (Wildman–Crippen MR) is 88.7 cm³/mol. The molecule has 0 fully saturated rings. The second-order valence-corrected chi connectivity index (χ2v) is 5.29. The van der Waals surface area contributed by atoms with Gasteiger partial charge in [-0.15, -0.1) is 0 Å². The van der Waals surface area contributed by atoms with E-state index in [0.29, 0.717) is 17.0 Å². The number of amides is 1. The number of aldehydes is 1. The zero-order valence-corrected chi connectivity index (χ0v) is 13.3. The molecule has 124 valence electrons. The van der Waals surface area contributed by atoms with E-state index >= 15 is 0 Å². The minimum absolute atomic E-state index is 0.0932. The molecular weight excluding hydrogens is 336 g/mol. The Morgan fingerprint density at radius 1 is 1.29 bits per heavy atom. The largest absolute Gasteiger partial charge is 0.474 e. The first kappa shape index (κ1) is 17.4. The van der Waals surface area contributed by atoms with Crippen LogP contribution in [0.5, 0.6) is 5.75 Å². The zero-order valence-electron chi connectivity index (χ0n) is 12.6. The summed E-state index contributed by atoms with van der Waals surface area (Å²) < 4.78 is 5.37. The maximum absolute atomic E-state index is 12.1. The summed E-state index contributed by atoms with van der Waals surface area (Å²) in [6.45, 7) is 1.46. The molecule has 0 aliphatic heterocycles. The van der Waals surface area contributed by atoms with E-state index in [4.69, 9.17) is 16.3 Å². The Kier molecular flexibility index (Phi) is 5.49. The molecule has 24 heavy (non-hydrogen) atoms. The fourth-order valence-electron chi connectivity index (χ4n) is 1.87. The van der Waals surface area contributed by atoms with Gasteiger partial charge < -0.3 is 10.1 Å². The Balaban J connectivity index is 2.12. The highest BCUT2D eigenvalue weighted by molar-refractivity contribution is 6.30. The van der Waals surface area contributed by atoms with Crippen LogP contribution < -0.4 is 10.1 Å². The molecule has 0 saturated carbocycles. The number of halogens is 1. The average Bonchev–Trinajstić information content (AvgIpc) is 2.57. The summed E-state index contributed by atoms with van der Waals surface area (Å²) in [6, 6.07) is 10.2. The number of nitro benzene ring substituents is 1. The number of anilines is 1. The van der Waals surface area contributed by atoms with Crippen LogP contribution in [0.1, 0.15) is 17.3 Å². The third-order valence-corrected chi connectivity index (χ3v) is 3.35. The quantitative estimate of drug-likeness (QED) is 0.489. The second kappa shape index (κ2) is 7.56. The fraction of sp³-hybridized carbons (Fsp3) is 0.125. The van der Waals surface area contributed by atoms with Gasteiger partial charge in [0.2, 0.25) is 0 Å². The number of carbonyl (C=O) groups is 2. The molecule has 2 rings (SSSR count). The molecule has 1 amide bonds. The summed E-state index contributed by atoms with van der Waals surface area (Å²) in [5, 5.41) is 14.2. The number of nitro groups is 1. The Morgan fingerprint density at radius 2 is 1.96 bits per heavy atom. The van der Waals surface area contributed by atoms with Crippen LogP contribution in [0, 0.1) is 10.1 Å². The number of nitrogens with zero attached hydrogens (tertiary/aromatic N) is 1. The molecule has 0 aromatic heterocycles. The molecule has 0 aliphatic rings. The van der Waals surface area contributed by atoms with E-state index in [9.17, 15) is 19.7 Å². The van der Waals surface area contributed by atoms with Gasteiger partial charge in [-0.25, -0.2) is 0 Å². The smallest absolute Gasteiger partial charge is 0.311 e. The van der Waals surface area contributed by atoms with E-state index in [-0.39, 0.29) is 17.0 Å². The SMILES string of the molecule is C[C@@H](Oc1ccc(C=O)cc1[N+](=O)[O-])C(=O)Nc1ccc(Cl)cc1. The number of carbonyl (C=O) groups excluding carboxylic acids is 2.